The fraction of sp³-hybridized carbons (Fsp3) is 0.429. The summed E-state index contributed by atoms with van der Waals surface area (Å²) in [5.41, 5.74) is 0. The van der Waals surface area contributed by atoms with Gasteiger partial charge < -0.3 is 9.47 Å². The van der Waals surface area contributed by atoms with Crippen molar-refractivity contribution >= 4 is 11.9 Å². The zero-order valence-corrected chi connectivity index (χ0v) is 10.9. The summed E-state index contributed by atoms with van der Waals surface area (Å²) < 4.78 is 22.9. The minimum absolute atomic E-state index is 0.0512. The van der Waals surface area contributed by atoms with Gasteiger partial charge in [-0.1, -0.05) is 19.1 Å². The third-order valence-corrected chi connectivity index (χ3v) is 2.29. The fourth-order valence-electron chi connectivity index (χ4n) is 1.37. The summed E-state index contributed by atoms with van der Waals surface area (Å²) in [4.78, 5) is 22.6. The molecule has 0 atom stereocenters. The van der Waals surface area contributed by atoms with Crippen LogP contribution in [0.25, 0.3) is 0 Å². The molecule has 0 aliphatic rings. The second-order valence-electron chi connectivity index (χ2n) is 3.98. The highest BCUT2D eigenvalue weighted by Gasteiger charge is 2.10. The summed E-state index contributed by atoms with van der Waals surface area (Å²) in [7, 11) is 0. The molecule has 5 heteroatoms. The van der Waals surface area contributed by atoms with Crippen molar-refractivity contribution in [1.82, 2.24) is 0 Å². The van der Waals surface area contributed by atoms with Gasteiger partial charge >= 0.3 is 11.9 Å². The number of para-hydroxylation sites is 1. The minimum atomic E-state index is -0.585. The van der Waals surface area contributed by atoms with E-state index in [1.165, 1.54) is 18.2 Å². The van der Waals surface area contributed by atoms with Crippen molar-refractivity contribution < 1.29 is 23.5 Å². The van der Waals surface area contributed by atoms with E-state index in [9.17, 15) is 14.0 Å². The summed E-state index contributed by atoms with van der Waals surface area (Å²) in [5.74, 6) is -1.58. The van der Waals surface area contributed by atoms with Crippen LogP contribution >= 0.6 is 0 Å². The topological polar surface area (TPSA) is 52.6 Å². The van der Waals surface area contributed by atoms with Crippen LogP contribution in [0.3, 0.4) is 0 Å². The Balaban J connectivity index is 2.25. The molecule has 0 amide bonds. The molecule has 1 rings (SSSR count). The van der Waals surface area contributed by atoms with Crippen molar-refractivity contribution in [3.8, 4) is 5.75 Å². The molecule has 0 saturated carbocycles. The number of carbonyl (C=O) groups is 2. The largest absolute Gasteiger partial charge is 0.466 e. The molecule has 0 aliphatic heterocycles. The maximum absolute atomic E-state index is 13.2. The van der Waals surface area contributed by atoms with Gasteiger partial charge in [0.15, 0.2) is 11.6 Å². The summed E-state index contributed by atoms with van der Waals surface area (Å²) in [6.45, 7) is 2.29. The number of benzene rings is 1. The average Bonchev–Trinajstić information content (AvgIpc) is 2.39. The molecule has 0 heterocycles. The number of carbonyl (C=O) groups excluding carboxylic acids is 2. The third kappa shape index (κ3) is 5.99. The molecular formula is C14H17FO4. The molecule has 0 saturated heterocycles. The third-order valence-electron chi connectivity index (χ3n) is 2.29. The maximum Gasteiger partial charge on any atom is 0.311 e. The number of halogens is 1. The van der Waals surface area contributed by atoms with Gasteiger partial charge in [-0.15, -0.1) is 0 Å². The number of hydrogen-bond donors (Lipinski definition) is 0. The predicted molar refractivity (Wildman–Crippen MR) is 67.1 cm³/mol. The molecule has 0 unspecified atom stereocenters. The smallest absolute Gasteiger partial charge is 0.311 e. The Hall–Kier alpha value is -1.91. The first-order valence-corrected chi connectivity index (χ1v) is 6.24. The number of hydrogen-bond acceptors (Lipinski definition) is 4. The highest BCUT2D eigenvalue weighted by Crippen LogP contribution is 2.16. The highest BCUT2D eigenvalue weighted by atomic mass is 19.1. The second-order valence-corrected chi connectivity index (χ2v) is 3.98. The first kappa shape index (κ1) is 15.1. The standard InChI is InChI=1S/C14H17FO4/c1-2-10-18-13(16)8-5-9-14(17)19-12-7-4-3-6-11(12)15/h3-4,6-7H,2,5,8-10H2,1H3. The van der Waals surface area contributed by atoms with Crippen LogP contribution in [0.1, 0.15) is 32.6 Å². The lowest BCUT2D eigenvalue weighted by Crippen LogP contribution is -2.11. The Morgan fingerprint density at radius 2 is 1.84 bits per heavy atom. The van der Waals surface area contributed by atoms with E-state index in [0.717, 1.165) is 6.42 Å². The lowest BCUT2D eigenvalue weighted by molar-refractivity contribution is -0.144. The van der Waals surface area contributed by atoms with Gasteiger partial charge in [0.2, 0.25) is 0 Å². The fourth-order valence-corrected chi connectivity index (χ4v) is 1.37. The molecule has 0 bridgehead atoms. The van der Waals surface area contributed by atoms with E-state index in [2.05, 4.69) is 0 Å². The SMILES string of the molecule is CCCOC(=O)CCCC(=O)Oc1ccccc1F. The highest BCUT2D eigenvalue weighted by molar-refractivity contribution is 5.74. The molecule has 0 aliphatic carbocycles. The molecule has 1 aromatic rings. The molecule has 0 aromatic heterocycles. The van der Waals surface area contributed by atoms with Crippen molar-refractivity contribution in [2.24, 2.45) is 0 Å². The lowest BCUT2D eigenvalue weighted by Gasteiger charge is -2.05. The summed E-state index contributed by atoms with van der Waals surface area (Å²) in [5, 5.41) is 0. The van der Waals surface area contributed by atoms with Gasteiger partial charge in [0, 0.05) is 12.8 Å². The van der Waals surface area contributed by atoms with Crippen LogP contribution in [-0.2, 0) is 14.3 Å². The van der Waals surface area contributed by atoms with Gasteiger partial charge in [-0.25, -0.2) is 4.39 Å². The van der Waals surface area contributed by atoms with Crippen LogP contribution in [0.15, 0.2) is 24.3 Å². The summed E-state index contributed by atoms with van der Waals surface area (Å²) in [6, 6.07) is 5.68. The monoisotopic (exact) mass is 268 g/mol. The van der Waals surface area contributed by atoms with Crippen molar-refractivity contribution in [3.05, 3.63) is 30.1 Å². The Bertz CT molecular complexity index is 431. The van der Waals surface area contributed by atoms with Crippen LogP contribution in [0.2, 0.25) is 0 Å². The molecule has 104 valence electrons. The molecule has 0 radical (unpaired) electrons. The Morgan fingerprint density at radius 1 is 1.16 bits per heavy atom. The van der Waals surface area contributed by atoms with Gasteiger partial charge in [-0.05, 0) is 25.0 Å². The molecule has 0 N–H and O–H groups in total. The van der Waals surface area contributed by atoms with Gasteiger partial charge in [0.1, 0.15) is 0 Å². The van der Waals surface area contributed by atoms with Gasteiger partial charge in [-0.2, -0.15) is 0 Å². The molecular weight excluding hydrogens is 251 g/mol. The van der Waals surface area contributed by atoms with Gasteiger partial charge in [-0.3, -0.25) is 9.59 Å². The van der Waals surface area contributed by atoms with E-state index in [1.54, 1.807) is 6.07 Å². The molecule has 0 fully saturated rings. The Labute approximate surface area is 111 Å². The number of rotatable bonds is 7. The van der Waals surface area contributed by atoms with E-state index >= 15 is 0 Å². The van der Waals surface area contributed by atoms with Crippen LogP contribution in [0, 0.1) is 5.82 Å². The minimum Gasteiger partial charge on any atom is -0.466 e. The zero-order chi connectivity index (χ0) is 14.1. The number of ether oxygens (including phenoxy) is 2. The van der Waals surface area contributed by atoms with E-state index in [0.29, 0.717) is 13.0 Å². The maximum atomic E-state index is 13.2. The second kappa shape index (κ2) is 8.24. The van der Waals surface area contributed by atoms with Crippen molar-refractivity contribution in [3.63, 3.8) is 0 Å². The van der Waals surface area contributed by atoms with Crippen molar-refractivity contribution in [2.75, 3.05) is 6.61 Å². The molecule has 0 spiro atoms. The molecule has 4 nitrogen and oxygen atoms in total. The Kier molecular flexibility index (Phi) is 6.57. The predicted octanol–water partition coefficient (Wildman–Crippen LogP) is 2.85. The summed E-state index contributed by atoms with van der Waals surface area (Å²) >= 11 is 0. The van der Waals surface area contributed by atoms with Gasteiger partial charge in [0.05, 0.1) is 6.61 Å². The van der Waals surface area contributed by atoms with E-state index in [-0.39, 0.29) is 24.6 Å². The van der Waals surface area contributed by atoms with E-state index < -0.39 is 11.8 Å². The normalized spacial score (nSPS) is 10.0. The average molecular weight is 268 g/mol. The first-order valence-electron chi connectivity index (χ1n) is 6.24. The van der Waals surface area contributed by atoms with Crippen LogP contribution in [0.5, 0.6) is 5.75 Å². The van der Waals surface area contributed by atoms with E-state index in [1.807, 2.05) is 6.92 Å². The van der Waals surface area contributed by atoms with Crippen LogP contribution < -0.4 is 4.74 Å². The summed E-state index contributed by atoms with van der Waals surface area (Å²) in [6.07, 6.45) is 1.30. The van der Waals surface area contributed by atoms with Crippen molar-refractivity contribution in [2.45, 2.75) is 32.6 Å². The first-order chi connectivity index (χ1) is 9.13. The lowest BCUT2D eigenvalue weighted by atomic mass is 10.2. The number of esters is 2. The Morgan fingerprint density at radius 3 is 2.53 bits per heavy atom. The zero-order valence-electron chi connectivity index (χ0n) is 10.9. The van der Waals surface area contributed by atoms with Crippen LogP contribution in [-0.4, -0.2) is 18.5 Å². The van der Waals surface area contributed by atoms with E-state index in [4.69, 9.17) is 9.47 Å². The van der Waals surface area contributed by atoms with Crippen LogP contribution in [0.4, 0.5) is 4.39 Å². The van der Waals surface area contributed by atoms with Crippen molar-refractivity contribution in [1.29, 1.82) is 0 Å². The van der Waals surface area contributed by atoms with Gasteiger partial charge in [0.25, 0.3) is 0 Å². The molecule has 1 aromatic carbocycles. The quantitative estimate of drug-likeness (QED) is 0.563. The molecule has 19 heavy (non-hydrogen) atoms.